The molecule has 1 aliphatic rings. The Morgan fingerprint density at radius 3 is 2.79 bits per heavy atom. The molecule has 0 bridgehead atoms. The second-order valence-corrected chi connectivity index (χ2v) is 6.61. The van der Waals surface area contributed by atoms with Crippen LogP contribution in [0.2, 0.25) is 0 Å². The average Bonchev–Trinajstić information content (AvgIpc) is 2.32. The van der Waals surface area contributed by atoms with E-state index in [1.54, 1.807) is 12.1 Å². The third kappa shape index (κ3) is 2.90. The van der Waals surface area contributed by atoms with Crippen molar-refractivity contribution in [3.63, 3.8) is 0 Å². The van der Waals surface area contributed by atoms with Gasteiger partial charge < -0.3 is 10.6 Å². The van der Waals surface area contributed by atoms with Gasteiger partial charge in [0.05, 0.1) is 4.92 Å². The third-order valence-corrected chi connectivity index (χ3v) is 4.28. The van der Waals surface area contributed by atoms with Gasteiger partial charge in [0.1, 0.15) is 5.69 Å². The number of nitro benzene ring substituents is 1. The van der Waals surface area contributed by atoms with Crippen LogP contribution in [0.3, 0.4) is 0 Å². The number of hydrogen-bond donors (Lipinski definition) is 1. The van der Waals surface area contributed by atoms with Crippen LogP contribution in [0.15, 0.2) is 22.7 Å². The second-order valence-electron chi connectivity index (χ2n) is 5.70. The van der Waals surface area contributed by atoms with E-state index in [1.165, 1.54) is 0 Å². The number of hydrogen-bond acceptors (Lipinski definition) is 4. The van der Waals surface area contributed by atoms with Gasteiger partial charge in [-0.15, -0.1) is 0 Å². The fraction of sp³-hybridized carbons (Fsp3) is 0.538. The van der Waals surface area contributed by atoms with E-state index >= 15 is 0 Å². The lowest BCUT2D eigenvalue weighted by molar-refractivity contribution is -0.384. The van der Waals surface area contributed by atoms with Crippen molar-refractivity contribution in [3.05, 3.63) is 32.8 Å². The van der Waals surface area contributed by atoms with Crippen molar-refractivity contribution in [2.45, 2.75) is 26.3 Å². The van der Waals surface area contributed by atoms with Crippen LogP contribution < -0.4 is 10.6 Å². The molecular formula is C13H18BrN3O2. The summed E-state index contributed by atoms with van der Waals surface area (Å²) >= 11 is 3.28. The largest absolute Gasteiger partial charge is 0.365 e. The minimum absolute atomic E-state index is 0.0425. The van der Waals surface area contributed by atoms with Crippen LogP contribution in [0.25, 0.3) is 0 Å². The Morgan fingerprint density at radius 1 is 1.53 bits per heavy atom. The molecule has 1 fully saturated rings. The number of rotatable bonds is 2. The van der Waals surface area contributed by atoms with Crippen LogP contribution in [0, 0.1) is 15.5 Å². The number of nitrogens with two attached hydrogens (primary N) is 1. The number of nitro groups is 1. The molecule has 19 heavy (non-hydrogen) atoms. The van der Waals surface area contributed by atoms with Crippen molar-refractivity contribution in [1.29, 1.82) is 0 Å². The van der Waals surface area contributed by atoms with Gasteiger partial charge in [0, 0.05) is 29.7 Å². The van der Waals surface area contributed by atoms with Gasteiger partial charge in [0.15, 0.2) is 0 Å². The van der Waals surface area contributed by atoms with E-state index in [9.17, 15) is 10.1 Å². The molecule has 0 amide bonds. The number of piperidine rings is 1. The Hall–Kier alpha value is -1.14. The molecule has 104 valence electrons. The maximum atomic E-state index is 11.2. The fourth-order valence-electron chi connectivity index (χ4n) is 2.49. The molecule has 1 saturated heterocycles. The SMILES string of the molecule is CC1(C)CN(c2ccc(Br)cc2[N+](=O)[O-])CCC1N. The molecule has 2 rings (SSSR count). The van der Waals surface area contributed by atoms with Crippen molar-refractivity contribution in [2.24, 2.45) is 11.1 Å². The summed E-state index contributed by atoms with van der Waals surface area (Å²) in [6.45, 7) is 5.70. The molecule has 0 spiro atoms. The minimum Gasteiger partial charge on any atom is -0.365 e. The maximum absolute atomic E-state index is 11.2. The first kappa shape index (κ1) is 14.3. The Morgan fingerprint density at radius 2 is 2.21 bits per heavy atom. The van der Waals surface area contributed by atoms with E-state index in [0.29, 0.717) is 5.69 Å². The quantitative estimate of drug-likeness (QED) is 0.669. The summed E-state index contributed by atoms with van der Waals surface area (Å²) < 4.78 is 0.718. The lowest BCUT2D eigenvalue weighted by Crippen LogP contribution is -2.52. The molecule has 1 unspecified atom stereocenters. The predicted molar refractivity (Wildman–Crippen MR) is 79.4 cm³/mol. The number of halogens is 1. The van der Waals surface area contributed by atoms with Crippen molar-refractivity contribution in [1.82, 2.24) is 0 Å². The van der Waals surface area contributed by atoms with Crippen molar-refractivity contribution < 1.29 is 4.92 Å². The molecule has 1 atom stereocenters. The number of benzene rings is 1. The van der Waals surface area contributed by atoms with E-state index in [1.807, 2.05) is 6.07 Å². The van der Waals surface area contributed by atoms with E-state index in [4.69, 9.17) is 5.73 Å². The van der Waals surface area contributed by atoms with Gasteiger partial charge in [-0.3, -0.25) is 10.1 Å². The van der Waals surface area contributed by atoms with Gasteiger partial charge in [0.2, 0.25) is 0 Å². The minimum atomic E-state index is -0.332. The Bertz CT molecular complexity index is 505. The molecule has 1 heterocycles. The summed E-state index contributed by atoms with van der Waals surface area (Å²) in [7, 11) is 0. The maximum Gasteiger partial charge on any atom is 0.293 e. The van der Waals surface area contributed by atoms with Crippen LogP contribution in [0.1, 0.15) is 20.3 Å². The van der Waals surface area contributed by atoms with E-state index < -0.39 is 0 Å². The zero-order valence-corrected chi connectivity index (χ0v) is 12.7. The van der Waals surface area contributed by atoms with Crippen LogP contribution in [-0.2, 0) is 0 Å². The lowest BCUT2D eigenvalue weighted by Gasteiger charge is -2.43. The van der Waals surface area contributed by atoms with Crippen LogP contribution >= 0.6 is 15.9 Å². The van der Waals surface area contributed by atoms with Gasteiger partial charge in [-0.1, -0.05) is 29.8 Å². The Labute approximate surface area is 121 Å². The summed E-state index contributed by atoms with van der Waals surface area (Å²) in [5.41, 5.74) is 6.88. The normalized spacial score (nSPS) is 22.3. The van der Waals surface area contributed by atoms with E-state index in [-0.39, 0.29) is 22.1 Å². The first-order valence-electron chi connectivity index (χ1n) is 6.26. The highest BCUT2D eigenvalue weighted by Crippen LogP contribution is 2.36. The van der Waals surface area contributed by atoms with Crippen LogP contribution in [-0.4, -0.2) is 24.1 Å². The molecule has 1 aromatic rings. The monoisotopic (exact) mass is 327 g/mol. The average molecular weight is 328 g/mol. The van der Waals surface area contributed by atoms with Crippen LogP contribution in [0.5, 0.6) is 0 Å². The molecule has 0 aliphatic carbocycles. The molecule has 0 radical (unpaired) electrons. The summed E-state index contributed by atoms with van der Waals surface area (Å²) in [5, 5.41) is 11.2. The molecule has 1 aliphatic heterocycles. The van der Waals surface area contributed by atoms with Crippen LogP contribution in [0.4, 0.5) is 11.4 Å². The molecule has 2 N–H and O–H groups in total. The molecule has 0 aromatic heterocycles. The summed E-state index contributed by atoms with van der Waals surface area (Å²) in [4.78, 5) is 12.9. The zero-order chi connectivity index (χ0) is 14.2. The van der Waals surface area contributed by atoms with Crippen molar-refractivity contribution in [2.75, 3.05) is 18.0 Å². The van der Waals surface area contributed by atoms with Gasteiger partial charge >= 0.3 is 0 Å². The van der Waals surface area contributed by atoms with E-state index in [2.05, 4.69) is 34.7 Å². The van der Waals surface area contributed by atoms with Crippen molar-refractivity contribution in [3.8, 4) is 0 Å². The molecule has 1 aromatic carbocycles. The van der Waals surface area contributed by atoms with Gasteiger partial charge in [-0.25, -0.2) is 0 Å². The highest BCUT2D eigenvalue weighted by Gasteiger charge is 2.35. The highest BCUT2D eigenvalue weighted by atomic mass is 79.9. The summed E-state index contributed by atoms with van der Waals surface area (Å²) in [6.07, 6.45) is 0.847. The van der Waals surface area contributed by atoms with Gasteiger partial charge in [-0.2, -0.15) is 0 Å². The zero-order valence-electron chi connectivity index (χ0n) is 11.1. The highest BCUT2D eigenvalue weighted by molar-refractivity contribution is 9.10. The fourth-order valence-corrected chi connectivity index (χ4v) is 2.84. The first-order chi connectivity index (χ1) is 8.81. The standard InChI is InChI=1S/C13H18BrN3O2/c1-13(2)8-16(6-5-12(13)15)10-4-3-9(14)7-11(10)17(18)19/h3-4,7,12H,5-6,8,15H2,1-2H3. The first-order valence-corrected chi connectivity index (χ1v) is 7.05. The number of nitrogens with zero attached hydrogens (tertiary/aromatic N) is 2. The molecule has 5 nitrogen and oxygen atoms in total. The smallest absolute Gasteiger partial charge is 0.293 e. The predicted octanol–water partition coefficient (Wildman–Crippen LogP) is 2.92. The Kier molecular flexibility index (Phi) is 3.82. The number of anilines is 1. The third-order valence-electron chi connectivity index (χ3n) is 3.79. The molecule has 6 heteroatoms. The molecular weight excluding hydrogens is 310 g/mol. The molecule has 0 saturated carbocycles. The van der Waals surface area contributed by atoms with Gasteiger partial charge in [0.25, 0.3) is 5.69 Å². The topological polar surface area (TPSA) is 72.4 Å². The van der Waals surface area contributed by atoms with E-state index in [0.717, 1.165) is 24.0 Å². The summed E-state index contributed by atoms with van der Waals surface area (Å²) in [5.74, 6) is 0. The Balaban J connectivity index is 2.35. The second kappa shape index (κ2) is 5.09. The van der Waals surface area contributed by atoms with Gasteiger partial charge in [-0.05, 0) is 24.0 Å². The summed E-state index contributed by atoms with van der Waals surface area (Å²) in [6, 6.07) is 5.33. The lowest BCUT2D eigenvalue weighted by atomic mass is 9.79. The van der Waals surface area contributed by atoms with Crippen molar-refractivity contribution >= 4 is 27.3 Å².